The number of allylic oxidation sites excluding steroid dienone is 1. The van der Waals surface area contributed by atoms with Crippen molar-refractivity contribution in [2.75, 3.05) is 16.4 Å². The second kappa shape index (κ2) is 10.8. The van der Waals surface area contributed by atoms with Crippen LogP contribution >= 0.6 is 23.4 Å². The van der Waals surface area contributed by atoms with Crippen LogP contribution in [0.25, 0.3) is 0 Å². The van der Waals surface area contributed by atoms with Crippen LogP contribution < -0.4 is 10.6 Å². The molecule has 0 atom stereocenters. The summed E-state index contributed by atoms with van der Waals surface area (Å²) in [5.41, 5.74) is 2.73. The molecule has 0 spiro atoms. The topological polar surface area (TPSA) is 71.8 Å². The van der Waals surface area contributed by atoms with Crippen molar-refractivity contribution >= 4 is 40.6 Å². The molecule has 0 saturated heterocycles. The van der Waals surface area contributed by atoms with Crippen molar-refractivity contribution in [2.24, 2.45) is 0 Å². The fourth-order valence-electron chi connectivity index (χ4n) is 2.78. The lowest BCUT2D eigenvalue weighted by Crippen LogP contribution is -2.13. The third-order valence-corrected chi connectivity index (χ3v) is 5.57. The first-order valence-corrected chi connectivity index (χ1v) is 10.9. The Bertz CT molecular complexity index is 1010. The van der Waals surface area contributed by atoms with E-state index >= 15 is 0 Å². The number of carbonyl (C=O) groups excluding carboxylic acids is 1. The maximum absolute atomic E-state index is 12.3. The predicted molar refractivity (Wildman–Crippen MR) is 124 cm³/mol. The monoisotopic (exact) mass is 441 g/mol. The van der Waals surface area contributed by atoms with Gasteiger partial charge >= 0.3 is 0 Å². The summed E-state index contributed by atoms with van der Waals surface area (Å²) in [6.07, 6.45) is 2.17. The lowest BCUT2D eigenvalue weighted by Gasteiger charge is -2.10. The number of benzene rings is 2. The Morgan fingerprint density at radius 1 is 1.23 bits per heavy atom. The first-order valence-electron chi connectivity index (χ1n) is 9.57. The highest BCUT2D eigenvalue weighted by Crippen LogP contribution is 2.22. The lowest BCUT2D eigenvalue weighted by molar-refractivity contribution is -0.115. The summed E-state index contributed by atoms with van der Waals surface area (Å²) in [6.45, 7) is 6.92. The normalized spacial score (nSPS) is 10.6. The molecule has 0 unspecified atom stereocenters. The molecular formula is C22H24ClN5OS. The molecule has 8 heteroatoms. The van der Waals surface area contributed by atoms with Crippen molar-refractivity contribution in [2.45, 2.75) is 31.6 Å². The molecule has 0 aliphatic heterocycles. The van der Waals surface area contributed by atoms with Gasteiger partial charge in [0.05, 0.1) is 6.54 Å². The summed E-state index contributed by atoms with van der Waals surface area (Å²) in [5, 5.41) is 16.2. The number of aryl methyl sites for hydroxylation is 1. The van der Waals surface area contributed by atoms with E-state index < -0.39 is 0 Å². The molecule has 0 saturated carbocycles. The Morgan fingerprint density at radius 2 is 2.03 bits per heavy atom. The average molecular weight is 442 g/mol. The number of carbonyl (C=O) groups is 1. The molecule has 6 nitrogen and oxygen atoms in total. The summed E-state index contributed by atoms with van der Waals surface area (Å²) in [5.74, 6) is 1.35. The Morgan fingerprint density at radius 3 is 2.80 bits per heavy atom. The van der Waals surface area contributed by atoms with Crippen LogP contribution in [0.15, 0.2) is 66.3 Å². The highest BCUT2D eigenvalue weighted by atomic mass is 35.5. The molecule has 1 aromatic heterocycles. The molecule has 30 heavy (non-hydrogen) atoms. The number of nitrogens with zero attached hydrogens (tertiary/aromatic N) is 3. The average Bonchev–Trinajstić information content (AvgIpc) is 3.12. The summed E-state index contributed by atoms with van der Waals surface area (Å²) < 4.78 is 2.01. The standard InChI is InChI=1S/C22H24ClN5OS/c1-3-12-28-20(15-24-18-7-5-4-6-8-18)26-27-22(28)30-13-11-21(29)25-19-14-17(23)10-9-16(19)2/h3-10,14,24H,1,11-13,15H2,2H3,(H,25,29). The third kappa shape index (κ3) is 6.11. The van der Waals surface area contributed by atoms with Crippen molar-refractivity contribution < 1.29 is 4.79 Å². The molecule has 2 aromatic carbocycles. The zero-order valence-electron chi connectivity index (χ0n) is 16.8. The number of halogens is 1. The van der Waals surface area contributed by atoms with E-state index in [1.165, 1.54) is 11.8 Å². The number of hydrogen-bond donors (Lipinski definition) is 2. The smallest absolute Gasteiger partial charge is 0.225 e. The Labute approximate surface area is 185 Å². The molecule has 2 N–H and O–H groups in total. The second-order valence-electron chi connectivity index (χ2n) is 6.62. The van der Waals surface area contributed by atoms with Gasteiger partial charge in [-0.25, -0.2) is 0 Å². The van der Waals surface area contributed by atoms with E-state index in [1.54, 1.807) is 12.1 Å². The van der Waals surface area contributed by atoms with Crippen molar-refractivity contribution in [1.82, 2.24) is 14.8 Å². The number of hydrogen-bond acceptors (Lipinski definition) is 5. The summed E-state index contributed by atoms with van der Waals surface area (Å²) in [6, 6.07) is 15.4. The van der Waals surface area contributed by atoms with Crippen molar-refractivity contribution in [3.05, 3.63) is 77.6 Å². The van der Waals surface area contributed by atoms with Crippen LogP contribution in [0.4, 0.5) is 11.4 Å². The molecule has 3 aromatic rings. The van der Waals surface area contributed by atoms with Crippen LogP contribution in [0.1, 0.15) is 17.8 Å². The van der Waals surface area contributed by atoms with Crippen molar-refractivity contribution in [1.29, 1.82) is 0 Å². The minimum atomic E-state index is -0.0615. The molecule has 0 bridgehead atoms. The van der Waals surface area contributed by atoms with E-state index in [2.05, 4.69) is 27.4 Å². The van der Waals surface area contributed by atoms with Crippen LogP contribution in [0.5, 0.6) is 0 Å². The van der Waals surface area contributed by atoms with Gasteiger partial charge in [-0.1, -0.05) is 53.7 Å². The Hall–Kier alpha value is -2.77. The van der Waals surface area contributed by atoms with Crippen LogP contribution in [-0.4, -0.2) is 26.4 Å². The maximum Gasteiger partial charge on any atom is 0.225 e. The fourth-order valence-corrected chi connectivity index (χ4v) is 3.86. The van der Waals surface area contributed by atoms with E-state index in [-0.39, 0.29) is 5.91 Å². The lowest BCUT2D eigenvalue weighted by atomic mass is 10.2. The summed E-state index contributed by atoms with van der Waals surface area (Å²) in [7, 11) is 0. The van der Waals surface area contributed by atoms with Crippen molar-refractivity contribution in [3.8, 4) is 0 Å². The van der Waals surface area contributed by atoms with Gasteiger partial charge in [0.15, 0.2) is 11.0 Å². The molecule has 3 rings (SSSR count). The minimum absolute atomic E-state index is 0.0615. The zero-order chi connectivity index (χ0) is 21.3. The summed E-state index contributed by atoms with van der Waals surface area (Å²) >= 11 is 7.51. The van der Waals surface area contributed by atoms with E-state index in [9.17, 15) is 4.79 Å². The van der Waals surface area contributed by atoms with Gasteiger partial charge in [-0.15, -0.1) is 16.8 Å². The molecule has 0 fully saturated rings. The molecule has 1 amide bonds. The van der Waals surface area contributed by atoms with Gasteiger partial charge in [0.1, 0.15) is 0 Å². The Balaban J connectivity index is 1.55. The number of amides is 1. The van der Waals surface area contributed by atoms with E-state index in [0.29, 0.717) is 30.3 Å². The first kappa shape index (κ1) is 21.9. The van der Waals surface area contributed by atoms with E-state index in [4.69, 9.17) is 11.6 Å². The number of nitrogens with one attached hydrogen (secondary N) is 2. The zero-order valence-corrected chi connectivity index (χ0v) is 18.3. The largest absolute Gasteiger partial charge is 0.378 e. The molecule has 0 aliphatic carbocycles. The van der Waals surface area contributed by atoms with Crippen molar-refractivity contribution in [3.63, 3.8) is 0 Å². The molecule has 1 heterocycles. The molecular weight excluding hydrogens is 418 g/mol. The van der Waals surface area contributed by atoms with Crippen LogP contribution in [0, 0.1) is 6.92 Å². The minimum Gasteiger partial charge on any atom is -0.378 e. The first-order chi connectivity index (χ1) is 14.6. The number of para-hydroxylation sites is 1. The quantitative estimate of drug-likeness (QED) is 0.336. The van der Waals surface area contributed by atoms with Gasteiger partial charge in [0.2, 0.25) is 5.91 Å². The summed E-state index contributed by atoms with van der Waals surface area (Å²) in [4.78, 5) is 12.3. The van der Waals surface area contributed by atoms with Crippen LogP contribution in [-0.2, 0) is 17.9 Å². The van der Waals surface area contributed by atoms with Gasteiger partial charge in [-0.2, -0.15) is 0 Å². The molecule has 0 aliphatic rings. The highest BCUT2D eigenvalue weighted by Gasteiger charge is 2.13. The fraction of sp³-hybridized carbons (Fsp3) is 0.227. The van der Waals surface area contributed by atoms with E-state index in [1.807, 2.05) is 54.0 Å². The van der Waals surface area contributed by atoms with Gasteiger partial charge < -0.3 is 15.2 Å². The predicted octanol–water partition coefficient (Wildman–Crippen LogP) is 5.16. The highest BCUT2D eigenvalue weighted by molar-refractivity contribution is 7.99. The SMILES string of the molecule is C=CCn1c(CNc2ccccc2)nnc1SCCC(=O)Nc1cc(Cl)ccc1C. The second-order valence-corrected chi connectivity index (χ2v) is 8.12. The van der Waals surface area contributed by atoms with E-state index in [0.717, 1.165) is 27.9 Å². The number of rotatable bonds is 10. The maximum atomic E-state index is 12.3. The molecule has 156 valence electrons. The number of aromatic nitrogens is 3. The van der Waals surface area contributed by atoms with Gasteiger partial charge in [0, 0.05) is 35.1 Å². The molecule has 0 radical (unpaired) electrons. The third-order valence-electron chi connectivity index (χ3n) is 4.36. The number of thioether (sulfide) groups is 1. The van der Waals surface area contributed by atoms with Crippen LogP contribution in [0.3, 0.4) is 0 Å². The Kier molecular flexibility index (Phi) is 7.93. The van der Waals surface area contributed by atoms with Crippen LogP contribution in [0.2, 0.25) is 5.02 Å². The van der Waals surface area contributed by atoms with Gasteiger partial charge in [-0.3, -0.25) is 4.79 Å². The number of anilines is 2. The van der Waals surface area contributed by atoms with Gasteiger partial charge in [0.25, 0.3) is 0 Å². The van der Waals surface area contributed by atoms with Gasteiger partial charge in [-0.05, 0) is 36.8 Å².